The number of benzene rings is 1. The summed E-state index contributed by atoms with van der Waals surface area (Å²) in [5.74, 6) is -0.284. The van der Waals surface area contributed by atoms with E-state index < -0.39 is 11.6 Å². The second-order valence-corrected chi connectivity index (χ2v) is 5.20. The van der Waals surface area contributed by atoms with Crippen molar-refractivity contribution in [1.29, 1.82) is 0 Å². The summed E-state index contributed by atoms with van der Waals surface area (Å²) in [7, 11) is 3.04. The summed E-state index contributed by atoms with van der Waals surface area (Å²) in [5.41, 5.74) is 1.63. The molecule has 0 spiro atoms. The molecule has 0 heterocycles. The van der Waals surface area contributed by atoms with E-state index in [0.29, 0.717) is 6.42 Å². The average molecular weight is 265 g/mol. The van der Waals surface area contributed by atoms with Gasteiger partial charge >= 0.3 is 5.97 Å². The van der Waals surface area contributed by atoms with Gasteiger partial charge in [-0.1, -0.05) is 18.2 Å². The highest BCUT2D eigenvalue weighted by Gasteiger charge is 2.28. The molecule has 0 aliphatic carbocycles. The van der Waals surface area contributed by atoms with Gasteiger partial charge in [0.05, 0.1) is 12.7 Å². The molecule has 1 atom stereocenters. The van der Waals surface area contributed by atoms with Crippen LogP contribution in [0.3, 0.4) is 0 Å². The van der Waals surface area contributed by atoms with Crippen LogP contribution < -0.4 is 5.32 Å². The van der Waals surface area contributed by atoms with Crippen molar-refractivity contribution in [3.05, 3.63) is 29.8 Å². The normalized spacial score (nSPS) is 12.9. The molecule has 0 aliphatic rings. The van der Waals surface area contributed by atoms with Gasteiger partial charge in [0.15, 0.2) is 0 Å². The molecule has 0 saturated heterocycles. The molecule has 4 heteroatoms. The minimum atomic E-state index is -0.430. The van der Waals surface area contributed by atoms with Crippen LogP contribution in [0.1, 0.15) is 25.8 Å². The Kier molecular flexibility index (Phi) is 5.36. The summed E-state index contributed by atoms with van der Waals surface area (Å²) >= 11 is 0. The Hall–Kier alpha value is -1.55. The van der Waals surface area contributed by atoms with Crippen LogP contribution in [0.15, 0.2) is 24.3 Å². The largest absolute Gasteiger partial charge is 0.467 e. The van der Waals surface area contributed by atoms with Gasteiger partial charge < -0.3 is 14.8 Å². The molecule has 0 aromatic heterocycles. The molecule has 0 amide bonds. The quantitative estimate of drug-likeness (QED) is 0.803. The number of para-hydroxylation sites is 1. The van der Waals surface area contributed by atoms with E-state index in [1.807, 2.05) is 45.0 Å². The third-order valence-corrected chi connectivity index (χ3v) is 3.21. The first-order chi connectivity index (χ1) is 8.89. The Labute approximate surface area is 115 Å². The summed E-state index contributed by atoms with van der Waals surface area (Å²) in [4.78, 5) is 11.9. The Morgan fingerprint density at radius 1 is 1.32 bits per heavy atom. The molecule has 0 fully saturated rings. The first-order valence-corrected chi connectivity index (χ1v) is 6.35. The fraction of sp³-hybridized carbons (Fsp3) is 0.533. The molecule has 1 rings (SSSR count). The number of ether oxygens (including phenoxy) is 2. The fourth-order valence-electron chi connectivity index (χ4n) is 1.83. The van der Waals surface area contributed by atoms with Gasteiger partial charge in [0.25, 0.3) is 0 Å². The monoisotopic (exact) mass is 265 g/mol. The molecule has 0 radical (unpaired) electrons. The van der Waals surface area contributed by atoms with Crippen LogP contribution in [-0.4, -0.2) is 31.8 Å². The van der Waals surface area contributed by atoms with Crippen molar-refractivity contribution in [2.24, 2.45) is 0 Å². The number of esters is 1. The lowest BCUT2D eigenvalue weighted by atomic mass is 9.98. The van der Waals surface area contributed by atoms with Crippen molar-refractivity contribution in [3.8, 4) is 0 Å². The van der Waals surface area contributed by atoms with E-state index in [1.165, 1.54) is 7.11 Å². The van der Waals surface area contributed by atoms with Crippen LogP contribution >= 0.6 is 0 Å². The lowest BCUT2D eigenvalue weighted by Crippen LogP contribution is -2.39. The Morgan fingerprint density at radius 3 is 2.47 bits per heavy atom. The number of carbonyl (C=O) groups is 1. The summed E-state index contributed by atoms with van der Waals surface area (Å²) < 4.78 is 10.2. The highest BCUT2D eigenvalue weighted by molar-refractivity contribution is 5.79. The van der Waals surface area contributed by atoms with Gasteiger partial charge in [-0.15, -0.1) is 0 Å². The fourth-order valence-corrected chi connectivity index (χ4v) is 1.83. The number of nitrogens with one attached hydrogen (secondary N) is 1. The maximum atomic E-state index is 11.9. The maximum Gasteiger partial charge on any atom is 0.328 e. The lowest BCUT2D eigenvalue weighted by molar-refractivity contribution is -0.143. The van der Waals surface area contributed by atoms with Crippen molar-refractivity contribution >= 4 is 11.7 Å². The third-order valence-electron chi connectivity index (χ3n) is 3.21. The number of anilines is 1. The van der Waals surface area contributed by atoms with Gasteiger partial charge in [-0.05, 0) is 32.4 Å². The lowest BCUT2D eigenvalue weighted by Gasteiger charge is -2.28. The zero-order valence-electron chi connectivity index (χ0n) is 12.3. The van der Waals surface area contributed by atoms with Gasteiger partial charge in [-0.25, -0.2) is 4.79 Å². The average Bonchev–Trinajstić information content (AvgIpc) is 2.39. The molecule has 0 bridgehead atoms. The van der Waals surface area contributed by atoms with Crippen LogP contribution in [0.25, 0.3) is 0 Å². The number of aryl methyl sites for hydroxylation is 1. The van der Waals surface area contributed by atoms with E-state index in [1.54, 1.807) is 7.11 Å². The minimum Gasteiger partial charge on any atom is -0.467 e. The molecular weight excluding hydrogens is 242 g/mol. The molecule has 1 aromatic carbocycles. The van der Waals surface area contributed by atoms with E-state index in [9.17, 15) is 4.79 Å². The topological polar surface area (TPSA) is 47.6 Å². The zero-order chi connectivity index (χ0) is 14.5. The maximum absolute atomic E-state index is 11.9. The molecule has 1 unspecified atom stereocenters. The van der Waals surface area contributed by atoms with Crippen LogP contribution in [-0.2, 0) is 14.3 Å². The zero-order valence-corrected chi connectivity index (χ0v) is 12.3. The summed E-state index contributed by atoms with van der Waals surface area (Å²) in [5, 5.41) is 3.23. The van der Waals surface area contributed by atoms with Crippen molar-refractivity contribution in [3.63, 3.8) is 0 Å². The molecule has 4 nitrogen and oxygen atoms in total. The summed E-state index contributed by atoms with van der Waals surface area (Å²) in [6, 6.07) is 7.42. The van der Waals surface area contributed by atoms with Gasteiger partial charge in [0, 0.05) is 19.2 Å². The van der Waals surface area contributed by atoms with Gasteiger partial charge in [0.2, 0.25) is 0 Å². The first-order valence-electron chi connectivity index (χ1n) is 6.35. The summed E-state index contributed by atoms with van der Waals surface area (Å²) in [6.07, 6.45) is 0.532. The molecule has 19 heavy (non-hydrogen) atoms. The number of hydrogen-bond acceptors (Lipinski definition) is 4. The van der Waals surface area contributed by atoms with E-state index in [-0.39, 0.29) is 5.97 Å². The summed E-state index contributed by atoms with van der Waals surface area (Å²) in [6.45, 7) is 5.89. The van der Waals surface area contributed by atoms with Crippen LogP contribution in [0, 0.1) is 6.92 Å². The number of carbonyl (C=O) groups excluding carboxylic acids is 1. The van der Waals surface area contributed by atoms with Crippen LogP contribution in [0.5, 0.6) is 0 Å². The van der Waals surface area contributed by atoms with Crippen LogP contribution in [0.4, 0.5) is 5.69 Å². The minimum absolute atomic E-state index is 0.284. The predicted octanol–water partition coefficient (Wildman–Crippen LogP) is 2.76. The molecule has 0 saturated carbocycles. The Bertz CT molecular complexity index is 429. The Morgan fingerprint density at radius 2 is 1.95 bits per heavy atom. The highest BCUT2D eigenvalue weighted by atomic mass is 16.5. The standard InChI is InChI=1S/C15H23NO3/c1-11-8-6-7-9-12(11)16-13(14(17)18-4)10-15(2,3)19-5/h6-9,13,16H,10H2,1-5H3. The molecule has 1 N–H and O–H groups in total. The van der Waals surface area contributed by atoms with Crippen molar-refractivity contribution in [2.75, 3.05) is 19.5 Å². The van der Waals surface area contributed by atoms with Crippen LogP contribution in [0.2, 0.25) is 0 Å². The Balaban J connectivity index is 2.87. The number of hydrogen-bond donors (Lipinski definition) is 1. The van der Waals surface area contributed by atoms with Gasteiger partial charge in [-0.3, -0.25) is 0 Å². The van der Waals surface area contributed by atoms with E-state index in [2.05, 4.69) is 5.32 Å². The predicted molar refractivity (Wildman–Crippen MR) is 76.3 cm³/mol. The van der Waals surface area contributed by atoms with Crippen molar-refractivity contribution < 1.29 is 14.3 Å². The number of methoxy groups -OCH3 is 2. The second-order valence-electron chi connectivity index (χ2n) is 5.20. The highest BCUT2D eigenvalue weighted by Crippen LogP contribution is 2.21. The molecule has 1 aromatic rings. The van der Waals surface area contributed by atoms with Gasteiger partial charge in [0.1, 0.15) is 6.04 Å². The van der Waals surface area contributed by atoms with E-state index in [4.69, 9.17) is 9.47 Å². The SMILES string of the molecule is COC(=O)C(CC(C)(C)OC)Nc1ccccc1C. The smallest absolute Gasteiger partial charge is 0.328 e. The second kappa shape index (κ2) is 6.57. The first kappa shape index (κ1) is 15.5. The van der Waals surface area contributed by atoms with Gasteiger partial charge in [-0.2, -0.15) is 0 Å². The molecular formula is C15H23NO3. The van der Waals surface area contributed by atoms with Crippen molar-refractivity contribution in [2.45, 2.75) is 38.8 Å². The van der Waals surface area contributed by atoms with E-state index >= 15 is 0 Å². The number of rotatable bonds is 6. The van der Waals surface area contributed by atoms with E-state index in [0.717, 1.165) is 11.3 Å². The van der Waals surface area contributed by atoms with Crippen molar-refractivity contribution in [1.82, 2.24) is 0 Å². The third kappa shape index (κ3) is 4.56. The molecule has 106 valence electrons. The molecule has 0 aliphatic heterocycles.